The lowest BCUT2D eigenvalue weighted by atomic mass is 9.95. The summed E-state index contributed by atoms with van der Waals surface area (Å²) in [7, 11) is 0. The first-order valence-electron chi connectivity index (χ1n) is 8.44. The Balaban J connectivity index is 0.000000488. The maximum Gasteiger partial charge on any atom is 0.0412 e. The lowest BCUT2D eigenvalue weighted by molar-refractivity contribution is 1.32. The van der Waals surface area contributed by atoms with Crippen molar-refractivity contribution in [3.05, 3.63) is 88.0 Å². The molecule has 0 aliphatic heterocycles. The van der Waals surface area contributed by atoms with Gasteiger partial charge in [0, 0.05) is 5.02 Å². The number of halogens is 1. The fraction of sp³-hybridized carbons (Fsp3) is 0.304. The van der Waals surface area contributed by atoms with Crippen molar-refractivity contribution in [3.8, 4) is 0 Å². The molecule has 0 N–H and O–H groups in total. The smallest absolute Gasteiger partial charge is 0.0412 e. The highest BCUT2D eigenvalue weighted by molar-refractivity contribution is 6.30. The van der Waals surface area contributed by atoms with Crippen LogP contribution >= 0.6 is 11.6 Å². The van der Waals surface area contributed by atoms with Crippen LogP contribution in [0.4, 0.5) is 0 Å². The zero-order valence-corrected chi connectivity index (χ0v) is 17.0. The molecule has 0 aliphatic carbocycles. The largest absolute Gasteiger partial charge is 0.0958 e. The van der Waals surface area contributed by atoms with E-state index in [1.165, 1.54) is 27.8 Å². The summed E-state index contributed by atoms with van der Waals surface area (Å²) in [5, 5.41) is 0.782. The van der Waals surface area contributed by atoms with Crippen LogP contribution < -0.4 is 0 Å². The SMILES string of the molecule is C=C(C)/C(C)=C(\C)c1cc(Cl)ccc1C.CC.Cc1ccccc1. The molecule has 0 fully saturated rings. The molecular formula is C23H31Cl. The first-order chi connectivity index (χ1) is 11.3. The first-order valence-corrected chi connectivity index (χ1v) is 8.82. The third-order valence-corrected chi connectivity index (χ3v) is 3.98. The summed E-state index contributed by atoms with van der Waals surface area (Å²) >= 11 is 6.00. The summed E-state index contributed by atoms with van der Waals surface area (Å²) in [5.41, 5.74) is 7.37. The zero-order chi connectivity index (χ0) is 18.7. The molecule has 0 saturated heterocycles. The lowest BCUT2D eigenvalue weighted by Gasteiger charge is -2.11. The Morgan fingerprint density at radius 2 is 1.42 bits per heavy atom. The van der Waals surface area contributed by atoms with Crippen molar-refractivity contribution in [2.24, 2.45) is 0 Å². The number of benzene rings is 2. The van der Waals surface area contributed by atoms with Crippen LogP contribution in [0, 0.1) is 13.8 Å². The van der Waals surface area contributed by atoms with E-state index in [9.17, 15) is 0 Å². The van der Waals surface area contributed by atoms with E-state index in [-0.39, 0.29) is 0 Å². The molecule has 0 aliphatic rings. The fourth-order valence-electron chi connectivity index (χ4n) is 2.05. The molecule has 0 unspecified atom stereocenters. The molecule has 0 saturated carbocycles. The van der Waals surface area contributed by atoms with E-state index in [2.05, 4.69) is 46.4 Å². The molecule has 1 heteroatoms. The highest BCUT2D eigenvalue weighted by Crippen LogP contribution is 2.27. The second kappa shape index (κ2) is 11.7. The number of rotatable bonds is 2. The summed E-state index contributed by atoms with van der Waals surface area (Å²) < 4.78 is 0. The normalized spacial score (nSPS) is 10.5. The minimum atomic E-state index is 0.782. The van der Waals surface area contributed by atoms with Crippen LogP contribution in [0.1, 0.15) is 51.3 Å². The molecule has 0 heterocycles. The Kier molecular flexibility index (Phi) is 10.8. The Bertz CT molecular complexity index is 664. The minimum Gasteiger partial charge on any atom is -0.0958 e. The maximum absolute atomic E-state index is 6.00. The Labute approximate surface area is 153 Å². The van der Waals surface area contributed by atoms with Crippen molar-refractivity contribution in [2.75, 3.05) is 0 Å². The van der Waals surface area contributed by atoms with E-state index in [1.54, 1.807) is 0 Å². The second-order valence-electron chi connectivity index (χ2n) is 5.64. The number of hydrogen-bond acceptors (Lipinski definition) is 0. The van der Waals surface area contributed by atoms with Gasteiger partial charge in [0.25, 0.3) is 0 Å². The predicted molar refractivity (Wildman–Crippen MR) is 112 cm³/mol. The molecule has 2 aromatic rings. The van der Waals surface area contributed by atoms with Gasteiger partial charge in [-0.15, -0.1) is 0 Å². The topological polar surface area (TPSA) is 0 Å². The number of aryl methyl sites for hydroxylation is 2. The minimum absolute atomic E-state index is 0.782. The van der Waals surface area contributed by atoms with Crippen molar-refractivity contribution < 1.29 is 0 Å². The molecule has 0 nitrogen and oxygen atoms in total. The van der Waals surface area contributed by atoms with Gasteiger partial charge in [-0.1, -0.05) is 79.6 Å². The van der Waals surface area contributed by atoms with Gasteiger partial charge in [-0.3, -0.25) is 0 Å². The lowest BCUT2D eigenvalue weighted by Crippen LogP contribution is -1.90. The van der Waals surface area contributed by atoms with Gasteiger partial charge in [-0.25, -0.2) is 0 Å². The van der Waals surface area contributed by atoms with Gasteiger partial charge >= 0.3 is 0 Å². The molecule has 130 valence electrons. The highest BCUT2D eigenvalue weighted by Gasteiger charge is 2.05. The van der Waals surface area contributed by atoms with Crippen LogP contribution in [0.25, 0.3) is 5.57 Å². The maximum atomic E-state index is 6.00. The van der Waals surface area contributed by atoms with Crippen molar-refractivity contribution in [1.82, 2.24) is 0 Å². The van der Waals surface area contributed by atoms with Crippen LogP contribution in [-0.4, -0.2) is 0 Å². The summed E-state index contributed by atoms with van der Waals surface area (Å²) in [6, 6.07) is 16.2. The van der Waals surface area contributed by atoms with Crippen molar-refractivity contribution in [2.45, 2.75) is 48.5 Å². The first kappa shape index (κ1) is 22.2. The summed E-state index contributed by atoms with van der Waals surface area (Å²) in [6.45, 7) is 18.4. The van der Waals surface area contributed by atoms with Gasteiger partial charge in [0.15, 0.2) is 0 Å². The van der Waals surface area contributed by atoms with Gasteiger partial charge < -0.3 is 0 Å². The summed E-state index contributed by atoms with van der Waals surface area (Å²) in [5.74, 6) is 0. The van der Waals surface area contributed by atoms with E-state index in [0.29, 0.717) is 0 Å². The molecule has 0 atom stereocenters. The average Bonchev–Trinajstić information content (AvgIpc) is 2.58. The Morgan fingerprint density at radius 1 is 0.875 bits per heavy atom. The fourth-order valence-corrected chi connectivity index (χ4v) is 2.23. The molecular weight excluding hydrogens is 312 g/mol. The highest BCUT2D eigenvalue weighted by atomic mass is 35.5. The van der Waals surface area contributed by atoms with Crippen molar-refractivity contribution in [1.29, 1.82) is 0 Å². The third kappa shape index (κ3) is 7.66. The monoisotopic (exact) mass is 342 g/mol. The van der Waals surface area contributed by atoms with Crippen LogP contribution in [0.15, 0.2) is 66.3 Å². The second-order valence-corrected chi connectivity index (χ2v) is 6.08. The van der Waals surface area contributed by atoms with Gasteiger partial charge in [0.2, 0.25) is 0 Å². The van der Waals surface area contributed by atoms with E-state index in [4.69, 9.17) is 11.6 Å². The van der Waals surface area contributed by atoms with Gasteiger partial charge in [0.05, 0.1) is 0 Å². The Morgan fingerprint density at radius 3 is 1.83 bits per heavy atom. The van der Waals surface area contributed by atoms with E-state index in [1.807, 2.05) is 57.2 Å². The summed E-state index contributed by atoms with van der Waals surface area (Å²) in [6.07, 6.45) is 0. The van der Waals surface area contributed by atoms with Gasteiger partial charge in [0.1, 0.15) is 0 Å². The van der Waals surface area contributed by atoms with Crippen molar-refractivity contribution >= 4 is 17.2 Å². The van der Waals surface area contributed by atoms with Gasteiger partial charge in [-0.05, 0) is 69.0 Å². The van der Waals surface area contributed by atoms with Crippen molar-refractivity contribution in [3.63, 3.8) is 0 Å². The van der Waals surface area contributed by atoms with E-state index in [0.717, 1.165) is 10.6 Å². The average molecular weight is 343 g/mol. The Hall–Kier alpha value is -1.79. The van der Waals surface area contributed by atoms with Crippen LogP contribution in [0.5, 0.6) is 0 Å². The molecule has 2 aromatic carbocycles. The number of allylic oxidation sites excluding steroid dienone is 3. The molecule has 0 spiro atoms. The molecule has 0 amide bonds. The zero-order valence-electron chi connectivity index (χ0n) is 16.2. The van der Waals surface area contributed by atoms with Crippen LogP contribution in [0.3, 0.4) is 0 Å². The standard InChI is InChI=1S/C14H17Cl.C7H8.C2H6/c1-9(2)11(4)12(5)14-8-13(15)7-6-10(14)3;1-7-5-3-2-4-6-7;1-2/h6-8H,1H2,2-5H3;2-6H,1H3;1-2H3/b12-11+;;. The molecule has 24 heavy (non-hydrogen) atoms. The predicted octanol–water partition coefficient (Wildman–Crippen LogP) is 8.04. The van der Waals surface area contributed by atoms with E-state index >= 15 is 0 Å². The summed E-state index contributed by atoms with van der Waals surface area (Å²) in [4.78, 5) is 0. The molecule has 2 rings (SSSR count). The quantitative estimate of drug-likeness (QED) is 0.484. The van der Waals surface area contributed by atoms with Crippen LogP contribution in [-0.2, 0) is 0 Å². The molecule has 0 radical (unpaired) electrons. The van der Waals surface area contributed by atoms with Gasteiger partial charge in [-0.2, -0.15) is 0 Å². The molecule has 0 aromatic heterocycles. The third-order valence-electron chi connectivity index (χ3n) is 3.75. The molecule has 0 bridgehead atoms. The number of hydrogen-bond donors (Lipinski definition) is 0. The van der Waals surface area contributed by atoms with Crippen LogP contribution in [0.2, 0.25) is 5.02 Å². The van der Waals surface area contributed by atoms with E-state index < -0.39 is 0 Å².